The van der Waals surface area contributed by atoms with Gasteiger partial charge in [-0.25, -0.2) is 0 Å². The smallest absolute Gasteiger partial charge is 0.0766 e. The molecule has 0 aliphatic carbocycles. The number of halogens is 1. The number of nitrogens with two attached hydrogens (primary N) is 1. The van der Waals surface area contributed by atoms with E-state index < -0.39 is 0 Å². The first-order valence-electron chi connectivity index (χ1n) is 7.13. The Hall–Kier alpha value is -1.13. The van der Waals surface area contributed by atoms with Crippen LogP contribution in [0, 0.1) is 6.92 Å². The van der Waals surface area contributed by atoms with Crippen LogP contribution in [-0.4, -0.2) is 9.78 Å². The van der Waals surface area contributed by atoms with E-state index in [1.165, 1.54) is 16.8 Å². The Morgan fingerprint density at radius 2 is 2.10 bits per heavy atom. The number of benzene rings is 1. The van der Waals surface area contributed by atoms with E-state index in [1.807, 2.05) is 0 Å². The van der Waals surface area contributed by atoms with Crippen molar-refractivity contribution in [2.24, 2.45) is 5.73 Å². The molecule has 3 nitrogen and oxygen atoms in total. The largest absolute Gasteiger partial charge is 0.324 e. The van der Waals surface area contributed by atoms with E-state index in [2.05, 4.69) is 70.7 Å². The molecule has 0 bridgehead atoms. The van der Waals surface area contributed by atoms with E-state index >= 15 is 0 Å². The van der Waals surface area contributed by atoms with E-state index in [-0.39, 0.29) is 6.04 Å². The summed E-state index contributed by atoms with van der Waals surface area (Å²) in [5.41, 5.74) is 11.1. The van der Waals surface area contributed by atoms with Crippen molar-refractivity contribution in [3.05, 3.63) is 51.3 Å². The summed E-state index contributed by atoms with van der Waals surface area (Å²) >= 11 is 3.68. The second-order valence-corrected chi connectivity index (χ2v) is 5.89. The first-order valence-corrected chi connectivity index (χ1v) is 7.92. The summed E-state index contributed by atoms with van der Waals surface area (Å²) in [6.45, 7) is 7.20. The average Bonchev–Trinajstić information content (AvgIpc) is 2.75. The number of hydrogen-bond acceptors (Lipinski definition) is 2. The number of rotatable bonds is 5. The molecule has 2 aromatic rings. The highest BCUT2D eigenvalue weighted by atomic mass is 79.9. The van der Waals surface area contributed by atoms with Crippen LogP contribution in [0.1, 0.15) is 42.4 Å². The van der Waals surface area contributed by atoms with E-state index in [0.717, 1.165) is 29.6 Å². The topological polar surface area (TPSA) is 43.8 Å². The van der Waals surface area contributed by atoms with Crippen LogP contribution in [-0.2, 0) is 19.4 Å². The normalized spacial score (nSPS) is 12.7. The zero-order valence-electron chi connectivity index (χ0n) is 12.4. The maximum absolute atomic E-state index is 6.38. The Morgan fingerprint density at radius 1 is 1.35 bits per heavy atom. The lowest BCUT2D eigenvalue weighted by atomic mass is 10.0. The third-order valence-electron chi connectivity index (χ3n) is 3.58. The fourth-order valence-electron chi connectivity index (χ4n) is 2.44. The van der Waals surface area contributed by atoms with Crippen LogP contribution in [0.4, 0.5) is 0 Å². The predicted octanol–water partition coefficient (Wildman–Crippen LogP) is 3.78. The van der Waals surface area contributed by atoms with Crippen molar-refractivity contribution in [3.63, 3.8) is 0 Å². The highest BCUT2D eigenvalue weighted by molar-refractivity contribution is 9.10. The van der Waals surface area contributed by atoms with Crippen molar-refractivity contribution in [2.75, 3.05) is 0 Å². The van der Waals surface area contributed by atoms with Crippen LogP contribution < -0.4 is 5.73 Å². The average molecular weight is 336 g/mol. The number of nitrogens with zero attached hydrogens (tertiary/aromatic N) is 2. The monoisotopic (exact) mass is 335 g/mol. The van der Waals surface area contributed by atoms with Gasteiger partial charge in [-0.1, -0.05) is 36.8 Å². The van der Waals surface area contributed by atoms with E-state index in [1.54, 1.807) is 0 Å². The van der Waals surface area contributed by atoms with Gasteiger partial charge in [-0.05, 0) is 41.8 Å². The molecule has 0 saturated heterocycles. The zero-order chi connectivity index (χ0) is 14.7. The number of aromatic nitrogens is 2. The standard InChI is InChI=1S/C16H22BrN3/c1-4-14-16(17)15(20(5-2)19-14)10-13(18)12-8-6-7-11(3)9-12/h6-9,13H,4-5,10,18H2,1-3H3. The Kier molecular flexibility index (Phi) is 5.00. The molecule has 4 heteroatoms. The van der Waals surface area contributed by atoms with Gasteiger partial charge in [0.2, 0.25) is 0 Å². The summed E-state index contributed by atoms with van der Waals surface area (Å²) in [7, 11) is 0. The van der Waals surface area contributed by atoms with Crippen molar-refractivity contribution in [1.82, 2.24) is 9.78 Å². The molecule has 0 fully saturated rings. The molecule has 2 rings (SSSR count). The first-order chi connectivity index (χ1) is 9.56. The van der Waals surface area contributed by atoms with Crippen molar-refractivity contribution >= 4 is 15.9 Å². The van der Waals surface area contributed by atoms with Crippen LogP contribution in [0.3, 0.4) is 0 Å². The Bertz CT molecular complexity index is 589. The highest BCUT2D eigenvalue weighted by Crippen LogP contribution is 2.26. The summed E-state index contributed by atoms with van der Waals surface area (Å²) in [6, 6.07) is 8.41. The molecule has 1 aromatic carbocycles. The van der Waals surface area contributed by atoms with Crippen LogP contribution in [0.5, 0.6) is 0 Å². The third kappa shape index (κ3) is 3.13. The maximum Gasteiger partial charge on any atom is 0.0766 e. The minimum atomic E-state index is -0.00194. The Balaban J connectivity index is 2.27. The minimum Gasteiger partial charge on any atom is -0.324 e. The molecule has 0 aliphatic rings. The van der Waals surface area contributed by atoms with Crippen molar-refractivity contribution in [2.45, 2.75) is 46.2 Å². The summed E-state index contributed by atoms with van der Waals surface area (Å²) in [5, 5.41) is 4.63. The van der Waals surface area contributed by atoms with E-state index in [0.29, 0.717) is 0 Å². The van der Waals surface area contributed by atoms with Gasteiger partial charge >= 0.3 is 0 Å². The first kappa shape index (κ1) is 15.3. The summed E-state index contributed by atoms with van der Waals surface area (Å²) < 4.78 is 3.17. The van der Waals surface area contributed by atoms with Gasteiger partial charge in [0.15, 0.2) is 0 Å². The fraction of sp³-hybridized carbons (Fsp3) is 0.438. The SMILES string of the molecule is CCc1nn(CC)c(CC(N)c2cccc(C)c2)c1Br. The quantitative estimate of drug-likeness (QED) is 0.903. The van der Waals surface area contributed by atoms with Gasteiger partial charge in [-0.15, -0.1) is 0 Å². The van der Waals surface area contributed by atoms with Gasteiger partial charge < -0.3 is 5.73 Å². The molecular weight excluding hydrogens is 314 g/mol. The van der Waals surface area contributed by atoms with Gasteiger partial charge in [0.05, 0.1) is 15.9 Å². The molecule has 0 spiro atoms. The van der Waals surface area contributed by atoms with E-state index in [9.17, 15) is 0 Å². The molecule has 2 N–H and O–H groups in total. The molecule has 20 heavy (non-hydrogen) atoms. The van der Waals surface area contributed by atoms with Gasteiger partial charge in [0.1, 0.15) is 0 Å². The van der Waals surface area contributed by atoms with Crippen LogP contribution >= 0.6 is 15.9 Å². The van der Waals surface area contributed by atoms with Gasteiger partial charge in [0, 0.05) is 19.0 Å². The summed E-state index contributed by atoms with van der Waals surface area (Å²) in [4.78, 5) is 0. The highest BCUT2D eigenvalue weighted by Gasteiger charge is 2.17. The van der Waals surface area contributed by atoms with Gasteiger partial charge in [-0.3, -0.25) is 4.68 Å². The zero-order valence-corrected chi connectivity index (χ0v) is 13.9. The minimum absolute atomic E-state index is 0.00194. The van der Waals surface area contributed by atoms with E-state index in [4.69, 9.17) is 5.73 Å². The molecule has 1 atom stereocenters. The lowest BCUT2D eigenvalue weighted by Crippen LogP contribution is -2.16. The van der Waals surface area contributed by atoms with Crippen LogP contribution in [0.15, 0.2) is 28.7 Å². The summed E-state index contributed by atoms with van der Waals surface area (Å²) in [6.07, 6.45) is 1.73. The fourth-order valence-corrected chi connectivity index (χ4v) is 3.17. The molecule has 108 valence electrons. The molecule has 1 unspecified atom stereocenters. The number of hydrogen-bond donors (Lipinski definition) is 1. The lowest BCUT2D eigenvalue weighted by molar-refractivity contribution is 0.584. The number of aryl methyl sites for hydroxylation is 3. The second kappa shape index (κ2) is 6.55. The molecule has 0 radical (unpaired) electrons. The summed E-state index contributed by atoms with van der Waals surface area (Å²) in [5.74, 6) is 0. The van der Waals surface area contributed by atoms with Crippen LogP contribution in [0.25, 0.3) is 0 Å². The second-order valence-electron chi connectivity index (χ2n) is 5.10. The maximum atomic E-state index is 6.38. The third-order valence-corrected chi connectivity index (χ3v) is 4.49. The van der Waals surface area contributed by atoms with Crippen molar-refractivity contribution in [1.29, 1.82) is 0 Å². The van der Waals surface area contributed by atoms with Crippen LogP contribution in [0.2, 0.25) is 0 Å². The Morgan fingerprint density at radius 3 is 2.70 bits per heavy atom. The lowest BCUT2D eigenvalue weighted by Gasteiger charge is -2.14. The molecule has 1 aromatic heterocycles. The molecule has 0 amide bonds. The van der Waals surface area contributed by atoms with Gasteiger partial charge in [0.25, 0.3) is 0 Å². The molecule has 0 saturated carbocycles. The van der Waals surface area contributed by atoms with Crippen molar-refractivity contribution in [3.8, 4) is 0 Å². The van der Waals surface area contributed by atoms with Gasteiger partial charge in [-0.2, -0.15) is 5.10 Å². The Labute approximate surface area is 129 Å². The molecular formula is C16H22BrN3. The molecule has 0 aliphatic heterocycles. The van der Waals surface area contributed by atoms with Crippen molar-refractivity contribution < 1.29 is 0 Å². The molecule has 1 heterocycles. The predicted molar refractivity (Wildman–Crippen MR) is 86.8 cm³/mol.